The molecule has 104 valence electrons. The number of nitrogen functional groups attached to an aromatic ring is 1. The maximum absolute atomic E-state index is 13.3. The third kappa shape index (κ3) is 2.41. The molecule has 1 amide bonds. The van der Waals surface area contributed by atoms with Gasteiger partial charge in [0, 0.05) is 20.1 Å². The molecular formula is C11H14FN3O3S. The molecule has 1 aromatic carbocycles. The van der Waals surface area contributed by atoms with Crippen molar-refractivity contribution >= 4 is 21.6 Å². The van der Waals surface area contributed by atoms with Crippen LogP contribution in [0.5, 0.6) is 0 Å². The van der Waals surface area contributed by atoms with Crippen molar-refractivity contribution in [1.82, 2.24) is 9.21 Å². The van der Waals surface area contributed by atoms with Gasteiger partial charge in [-0.2, -0.15) is 4.31 Å². The van der Waals surface area contributed by atoms with Crippen LogP contribution in [-0.4, -0.2) is 50.2 Å². The number of nitrogens with two attached hydrogens (primary N) is 1. The number of carbonyl (C=O) groups excluding carboxylic acids is 1. The number of halogens is 1. The number of nitrogens with zero attached hydrogens (tertiary/aromatic N) is 2. The summed E-state index contributed by atoms with van der Waals surface area (Å²) in [5.74, 6) is -1.09. The zero-order chi connectivity index (χ0) is 14.2. The lowest BCUT2D eigenvalue weighted by molar-refractivity contribution is -0.132. The quantitative estimate of drug-likeness (QED) is 0.768. The first-order chi connectivity index (χ1) is 8.84. The number of hydrogen-bond acceptors (Lipinski definition) is 4. The predicted octanol–water partition coefficient (Wildman–Crippen LogP) is -0.129. The van der Waals surface area contributed by atoms with Crippen LogP contribution in [0.15, 0.2) is 23.1 Å². The summed E-state index contributed by atoms with van der Waals surface area (Å²) < 4.78 is 39.0. The Morgan fingerprint density at radius 3 is 2.63 bits per heavy atom. The summed E-state index contributed by atoms with van der Waals surface area (Å²) in [7, 11) is -2.35. The van der Waals surface area contributed by atoms with Gasteiger partial charge in [-0.3, -0.25) is 4.79 Å². The Balaban J connectivity index is 2.38. The molecule has 1 aliphatic heterocycles. The van der Waals surface area contributed by atoms with Crippen LogP contribution in [0, 0.1) is 5.82 Å². The molecule has 1 heterocycles. The Morgan fingerprint density at radius 2 is 2.00 bits per heavy atom. The van der Waals surface area contributed by atoms with Crippen LogP contribution < -0.4 is 5.73 Å². The topological polar surface area (TPSA) is 83.7 Å². The Labute approximate surface area is 110 Å². The molecule has 6 nitrogen and oxygen atoms in total. The maximum atomic E-state index is 13.3. The number of hydrogen-bond donors (Lipinski definition) is 1. The fourth-order valence-corrected chi connectivity index (χ4v) is 3.33. The molecule has 1 aromatic rings. The molecule has 0 aliphatic carbocycles. The minimum atomic E-state index is -3.95. The van der Waals surface area contributed by atoms with Crippen molar-refractivity contribution in [3.8, 4) is 0 Å². The minimum Gasteiger partial charge on any atom is -0.395 e. The fraction of sp³-hybridized carbons (Fsp3) is 0.364. The smallest absolute Gasteiger partial charge is 0.245 e. The summed E-state index contributed by atoms with van der Waals surface area (Å²) >= 11 is 0. The highest BCUT2D eigenvalue weighted by atomic mass is 32.2. The van der Waals surface area contributed by atoms with Crippen molar-refractivity contribution < 1.29 is 17.6 Å². The highest BCUT2D eigenvalue weighted by Crippen LogP contribution is 2.25. The van der Waals surface area contributed by atoms with Gasteiger partial charge in [0.1, 0.15) is 10.7 Å². The van der Waals surface area contributed by atoms with Crippen molar-refractivity contribution in [3.63, 3.8) is 0 Å². The van der Waals surface area contributed by atoms with Crippen molar-refractivity contribution in [3.05, 3.63) is 24.0 Å². The first-order valence-corrected chi connectivity index (χ1v) is 7.06. The third-order valence-corrected chi connectivity index (χ3v) is 4.96. The van der Waals surface area contributed by atoms with Crippen LogP contribution in [0.25, 0.3) is 0 Å². The first kappa shape index (κ1) is 13.8. The van der Waals surface area contributed by atoms with Crippen LogP contribution >= 0.6 is 0 Å². The van der Waals surface area contributed by atoms with Gasteiger partial charge >= 0.3 is 0 Å². The minimum absolute atomic E-state index is 0.167. The lowest BCUT2D eigenvalue weighted by Crippen LogP contribution is -2.50. The van der Waals surface area contributed by atoms with Gasteiger partial charge in [0.25, 0.3) is 0 Å². The van der Waals surface area contributed by atoms with Crippen molar-refractivity contribution in [2.45, 2.75) is 4.90 Å². The number of carbonyl (C=O) groups is 1. The summed E-state index contributed by atoms with van der Waals surface area (Å²) in [6.45, 7) is 0.211. The number of para-hydroxylation sites is 1. The Kier molecular flexibility index (Phi) is 3.46. The Morgan fingerprint density at radius 1 is 1.32 bits per heavy atom. The van der Waals surface area contributed by atoms with E-state index in [4.69, 9.17) is 5.73 Å². The summed E-state index contributed by atoms with van der Waals surface area (Å²) in [5, 5.41) is 0. The zero-order valence-electron chi connectivity index (χ0n) is 10.3. The van der Waals surface area contributed by atoms with E-state index < -0.39 is 21.5 Å². The summed E-state index contributed by atoms with van der Waals surface area (Å²) in [6.07, 6.45) is 0. The molecule has 1 fully saturated rings. The van der Waals surface area contributed by atoms with E-state index in [1.54, 1.807) is 7.05 Å². The standard InChI is InChI=1S/C11H14FN3O3S/c1-14-5-6-15(7-10(14)16)19(17,18)9-4-2-3-8(12)11(9)13/h2-4H,5-7,13H2,1H3. The monoisotopic (exact) mass is 287 g/mol. The number of amides is 1. The van der Waals surface area contributed by atoms with Gasteiger partial charge in [0.05, 0.1) is 12.2 Å². The number of piperazine rings is 1. The molecule has 1 aliphatic rings. The van der Waals surface area contributed by atoms with Gasteiger partial charge in [-0.15, -0.1) is 0 Å². The normalized spacial score (nSPS) is 17.8. The van der Waals surface area contributed by atoms with Gasteiger partial charge in [-0.1, -0.05) is 6.07 Å². The van der Waals surface area contributed by atoms with E-state index in [1.165, 1.54) is 17.0 Å². The molecule has 0 unspecified atom stereocenters. The van der Waals surface area contributed by atoms with Crippen molar-refractivity contribution in [1.29, 1.82) is 0 Å². The third-order valence-electron chi connectivity index (χ3n) is 3.05. The van der Waals surface area contributed by atoms with Gasteiger partial charge in [0.2, 0.25) is 15.9 Å². The predicted molar refractivity (Wildman–Crippen MR) is 67.2 cm³/mol. The average Bonchev–Trinajstić information content (AvgIpc) is 2.35. The Hall–Kier alpha value is -1.67. The van der Waals surface area contributed by atoms with E-state index in [0.717, 1.165) is 10.4 Å². The van der Waals surface area contributed by atoms with Gasteiger partial charge in [-0.25, -0.2) is 12.8 Å². The van der Waals surface area contributed by atoms with Crippen LogP contribution in [0.3, 0.4) is 0 Å². The first-order valence-electron chi connectivity index (χ1n) is 5.62. The molecule has 0 saturated carbocycles. The van der Waals surface area contributed by atoms with Crippen molar-refractivity contribution in [2.75, 3.05) is 32.4 Å². The second-order valence-corrected chi connectivity index (χ2v) is 6.21. The van der Waals surface area contributed by atoms with E-state index >= 15 is 0 Å². The van der Waals surface area contributed by atoms with Gasteiger partial charge < -0.3 is 10.6 Å². The second-order valence-electron chi connectivity index (χ2n) is 4.31. The molecule has 2 rings (SSSR count). The lowest BCUT2D eigenvalue weighted by atomic mass is 10.3. The van der Waals surface area contributed by atoms with Crippen LogP contribution in [-0.2, 0) is 14.8 Å². The van der Waals surface area contributed by atoms with Crippen molar-refractivity contribution in [2.24, 2.45) is 0 Å². The number of sulfonamides is 1. The van der Waals surface area contributed by atoms with E-state index in [2.05, 4.69) is 0 Å². The van der Waals surface area contributed by atoms with Gasteiger partial charge in [0.15, 0.2) is 0 Å². The zero-order valence-corrected chi connectivity index (χ0v) is 11.2. The van der Waals surface area contributed by atoms with E-state index in [9.17, 15) is 17.6 Å². The summed E-state index contributed by atoms with van der Waals surface area (Å²) in [4.78, 5) is 12.7. The second kappa shape index (κ2) is 4.78. The van der Waals surface area contributed by atoms with Crippen LogP contribution in [0.4, 0.5) is 10.1 Å². The van der Waals surface area contributed by atoms with Crippen LogP contribution in [0.1, 0.15) is 0 Å². The molecule has 0 bridgehead atoms. The fourth-order valence-electron chi connectivity index (χ4n) is 1.82. The van der Waals surface area contributed by atoms with Gasteiger partial charge in [-0.05, 0) is 12.1 Å². The van der Waals surface area contributed by atoms with Crippen LogP contribution in [0.2, 0.25) is 0 Å². The number of anilines is 1. The molecule has 0 radical (unpaired) electrons. The average molecular weight is 287 g/mol. The lowest BCUT2D eigenvalue weighted by Gasteiger charge is -2.31. The number of rotatable bonds is 2. The van der Waals surface area contributed by atoms with E-state index in [1.807, 2.05) is 0 Å². The molecule has 0 atom stereocenters. The highest BCUT2D eigenvalue weighted by molar-refractivity contribution is 7.89. The molecule has 0 aromatic heterocycles. The molecule has 8 heteroatoms. The largest absolute Gasteiger partial charge is 0.395 e. The number of benzene rings is 1. The summed E-state index contributed by atoms with van der Waals surface area (Å²) in [5.41, 5.74) is 5.04. The highest BCUT2D eigenvalue weighted by Gasteiger charge is 2.33. The SMILES string of the molecule is CN1CCN(S(=O)(=O)c2cccc(F)c2N)CC1=O. The summed E-state index contributed by atoms with van der Waals surface area (Å²) in [6, 6.07) is 3.59. The maximum Gasteiger partial charge on any atom is 0.245 e. The molecule has 19 heavy (non-hydrogen) atoms. The molecule has 0 spiro atoms. The van der Waals surface area contributed by atoms with E-state index in [-0.39, 0.29) is 23.9 Å². The molecule has 1 saturated heterocycles. The Bertz CT molecular complexity index is 618. The molecular weight excluding hydrogens is 273 g/mol. The van der Waals surface area contributed by atoms with E-state index in [0.29, 0.717) is 6.54 Å². The molecule has 2 N–H and O–H groups in total. The number of likely N-dealkylation sites (N-methyl/N-ethyl adjacent to an activating group) is 1.